The molecular formula is C12H13Cl2N3O2S. The molecular weight excluding hydrogens is 321 g/mol. The molecule has 2 aromatic rings. The minimum absolute atomic E-state index is 0.0401. The van der Waals surface area contributed by atoms with Crippen molar-refractivity contribution in [2.45, 2.75) is 6.42 Å². The lowest BCUT2D eigenvalue weighted by atomic mass is 10.3. The van der Waals surface area contributed by atoms with Crippen molar-refractivity contribution in [2.24, 2.45) is 0 Å². The van der Waals surface area contributed by atoms with E-state index < -0.39 is 10.0 Å². The molecule has 0 aliphatic rings. The number of nitrogens with zero attached hydrogens (tertiary/aromatic N) is 2. The highest BCUT2D eigenvalue weighted by molar-refractivity contribution is 7.92. The Labute approximate surface area is 127 Å². The van der Waals surface area contributed by atoms with Gasteiger partial charge in [0.2, 0.25) is 10.0 Å². The first-order valence-electron chi connectivity index (χ1n) is 5.88. The van der Waals surface area contributed by atoms with Crippen molar-refractivity contribution < 1.29 is 8.42 Å². The largest absolute Gasteiger partial charge is 0.281 e. The number of hydrogen-bond donors (Lipinski definition) is 1. The number of rotatable bonds is 6. The summed E-state index contributed by atoms with van der Waals surface area (Å²) >= 11 is 11.4. The molecule has 5 nitrogen and oxygen atoms in total. The molecule has 0 fully saturated rings. The van der Waals surface area contributed by atoms with Crippen molar-refractivity contribution in [3.05, 3.63) is 41.7 Å². The Morgan fingerprint density at radius 2 is 2.15 bits per heavy atom. The molecule has 0 bridgehead atoms. The summed E-state index contributed by atoms with van der Waals surface area (Å²) in [4.78, 5) is 0. The van der Waals surface area contributed by atoms with Crippen molar-refractivity contribution in [1.29, 1.82) is 0 Å². The van der Waals surface area contributed by atoms with Gasteiger partial charge in [0.05, 0.1) is 17.1 Å². The molecule has 0 radical (unpaired) electrons. The van der Waals surface area contributed by atoms with Crippen molar-refractivity contribution >= 4 is 38.9 Å². The Hall–Kier alpha value is -1.24. The summed E-state index contributed by atoms with van der Waals surface area (Å²) < 4.78 is 28.0. The average Bonchev–Trinajstić information content (AvgIpc) is 2.90. The lowest BCUT2D eigenvalue weighted by molar-refractivity contribution is 0.600. The van der Waals surface area contributed by atoms with Crippen LogP contribution >= 0.6 is 23.2 Å². The molecule has 0 amide bonds. The minimum Gasteiger partial charge on any atom is -0.281 e. The quantitative estimate of drug-likeness (QED) is 0.826. The van der Waals surface area contributed by atoms with Crippen LogP contribution in [0.25, 0.3) is 5.69 Å². The summed E-state index contributed by atoms with van der Waals surface area (Å²) in [6, 6.07) is 6.68. The smallest absolute Gasteiger partial charge is 0.232 e. The van der Waals surface area contributed by atoms with Crippen LogP contribution in [-0.4, -0.2) is 29.8 Å². The van der Waals surface area contributed by atoms with E-state index >= 15 is 0 Å². The van der Waals surface area contributed by atoms with E-state index in [1.807, 2.05) is 0 Å². The normalized spacial score (nSPS) is 11.5. The van der Waals surface area contributed by atoms with Crippen molar-refractivity contribution in [3.8, 4) is 5.69 Å². The lowest BCUT2D eigenvalue weighted by Crippen LogP contribution is -2.18. The molecule has 0 saturated heterocycles. The van der Waals surface area contributed by atoms with Gasteiger partial charge in [0.15, 0.2) is 0 Å². The number of alkyl halides is 1. The van der Waals surface area contributed by atoms with Crippen LogP contribution in [-0.2, 0) is 10.0 Å². The Bertz CT molecular complexity index is 672. The first-order chi connectivity index (χ1) is 9.52. The van der Waals surface area contributed by atoms with E-state index in [1.165, 1.54) is 0 Å². The van der Waals surface area contributed by atoms with Gasteiger partial charge in [-0.1, -0.05) is 11.6 Å². The van der Waals surface area contributed by atoms with Gasteiger partial charge in [0, 0.05) is 23.3 Å². The Morgan fingerprint density at radius 1 is 1.35 bits per heavy atom. The monoisotopic (exact) mass is 333 g/mol. The van der Waals surface area contributed by atoms with Crippen LogP contribution in [0.3, 0.4) is 0 Å². The predicted molar refractivity (Wildman–Crippen MR) is 81.3 cm³/mol. The van der Waals surface area contributed by atoms with E-state index in [-0.39, 0.29) is 5.75 Å². The van der Waals surface area contributed by atoms with Gasteiger partial charge in [-0.25, -0.2) is 13.1 Å². The Balaban J connectivity index is 2.33. The van der Waals surface area contributed by atoms with Crippen molar-refractivity contribution in [1.82, 2.24) is 9.78 Å². The minimum atomic E-state index is -3.46. The van der Waals surface area contributed by atoms with Gasteiger partial charge in [0.1, 0.15) is 0 Å². The van der Waals surface area contributed by atoms with Crippen molar-refractivity contribution in [3.63, 3.8) is 0 Å². The molecule has 108 valence electrons. The number of hydrogen-bond acceptors (Lipinski definition) is 3. The maximum absolute atomic E-state index is 11.9. The number of nitrogens with one attached hydrogen (secondary N) is 1. The molecule has 2 rings (SSSR count). The summed E-state index contributed by atoms with van der Waals surface area (Å²) in [5.74, 6) is 0.254. The van der Waals surface area contributed by atoms with E-state index in [0.717, 1.165) is 0 Å². The number of halogens is 2. The van der Waals surface area contributed by atoms with Crippen LogP contribution in [0.5, 0.6) is 0 Å². The SMILES string of the molecule is O=S(=O)(CCCCl)Nc1cc(Cl)ccc1-n1cccn1. The third-order valence-corrected chi connectivity index (χ3v) is 4.38. The first kappa shape index (κ1) is 15.2. The highest BCUT2D eigenvalue weighted by Crippen LogP contribution is 2.25. The molecule has 8 heteroatoms. The second-order valence-electron chi connectivity index (χ2n) is 4.08. The zero-order valence-corrected chi connectivity index (χ0v) is 12.8. The van der Waals surface area contributed by atoms with E-state index in [9.17, 15) is 8.42 Å². The molecule has 1 N–H and O–H groups in total. The van der Waals surface area contributed by atoms with Crippen LogP contribution in [0, 0.1) is 0 Å². The highest BCUT2D eigenvalue weighted by Gasteiger charge is 2.14. The highest BCUT2D eigenvalue weighted by atomic mass is 35.5. The Kier molecular flexibility index (Phi) is 4.91. The zero-order valence-electron chi connectivity index (χ0n) is 10.5. The van der Waals surface area contributed by atoms with E-state index in [1.54, 1.807) is 41.3 Å². The van der Waals surface area contributed by atoms with Gasteiger partial charge in [-0.05, 0) is 30.7 Å². The predicted octanol–water partition coefficient (Wildman–Crippen LogP) is 2.90. The van der Waals surface area contributed by atoms with E-state index in [2.05, 4.69) is 9.82 Å². The third-order valence-electron chi connectivity index (χ3n) is 2.52. The molecule has 0 atom stereocenters. The lowest BCUT2D eigenvalue weighted by Gasteiger charge is -2.12. The molecule has 0 saturated carbocycles. The molecule has 0 aliphatic heterocycles. The second kappa shape index (κ2) is 6.47. The molecule has 20 heavy (non-hydrogen) atoms. The third kappa shape index (κ3) is 3.88. The maximum atomic E-state index is 11.9. The van der Waals surface area contributed by atoms with Gasteiger partial charge in [-0.2, -0.15) is 5.10 Å². The fraction of sp³-hybridized carbons (Fsp3) is 0.250. The summed E-state index contributed by atoms with van der Waals surface area (Å²) in [6.07, 6.45) is 3.72. The standard InChI is InChI=1S/C12H13Cl2N3O2S/c13-5-1-8-20(18,19)16-11-9-10(14)3-4-12(11)17-7-2-6-15-17/h2-4,6-7,9,16H,1,5,8H2. The maximum Gasteiger partial charge on any atom is 0.232 e. The van der Waals surface area contributed by atoms with Gasteiger partial charge in [-0.15, -0.1) is 11.6 Å². The fourth-order valence-corrected chi connectivity index (χ4v) is 3.25. The summed E-state index contributed by atoms with van der Waals surface area (Å²) in [5.41, 5.74) is 0.990. The van der Waals surface area contributed by atoms with Crippen LogP contribution in [0.1, 0.15) is 6.42 Å². The molecule has 1 aromatic carbocycles. The second-order valence-corrected chi connectivity index (χ2v) is 6.73. The summed E-state index contributed by atoms with van der Waals surface area (Å²) in [5, 5.41) is 4.53. The average molecular weight is 334 g/mol. The van der Waals surface area contributed by atoms with Gasteiger partial charge in [0.25, 0.3) is 0 Å². The van der Waals surface area contributed by atoms with Crippen LogP contribution in [0.15, 0.2) is 36.7 Å². The fourth-order valence-electron chi connectivity index (χ4n) is 1.66. The molecule has 0 aliphatic carbocycles. The molecule has 1 heterocycles. The zero-order chi connectivity index (χ0) is 14.6. The first-order valence-corrected chi connectivity index (χ1v) is 8.44. The number of aromatic nitrogens is 2. The topological polar surface area (TPSA) is 64.0 Å². The number of sulfonamides is 1. The molecule has 0 unspecified atom stereocenters. The van der Waals surface area contributed by atoms with Gasteiger partial charge in [-0.3, -0.25) is 4.72 Å². The Morgan fingerprint density at radius 3 is 2.80 bits per heavy atom. The van der Waals surface area contributed by atoms with Crippen LogP contribution < -0.4 is 4.72 Å². The summed E-state index contributed by atoms with van der Waals surface area (Å²) in [6.45, 7) is 0. The molecule has 1 aromatic heterocycles. The van der Waals surface area contributed by atoms with Gasteiger partial charge >= 0.3 is 0 Å². The molecule has 0 spiro atoms. The number of anilines is 1. The van der Waals surface area contributed by atoms with Gasteiger partial charge < -0.3 is 0 Å². The van der Waals surface area contributed by atoms with Crippen molar-refractivity contribution in [2.75, 3.05) is 16.4 Å². The van der Waals surface area contributed by atoms with Crippen LogP contribution in [0.4, 0.5) is 5.69 Å². The van der Waals surface area contributed by atoms with E-state index in [0.29, 0.717) is 28.7 Å². The number of benzene rings is 1. The van der Waals surface area contributed by atoms with Crippen LogP contribution in [0.2, 0.25) is 5.02 Å². The summed E-state index contributed by atoms with van der Waals surface area (Å²) in [7, 11) is -3.46. The van der Waals surface area contributed by atoms with E-state index in [4.69, 9.17) is 23.2 Å².